The molecule has 218 valence electrons. The molecular formula is C28H22F5N5O4. The zero-order chi connectivity index (χ0) is 30.6. The summed E-state index contributed by atoms with van der Waals surface area (Å²) in [5.41, 5.74) is -2.45. The van der Waals surface area contributed by atoms with E-state index in [0.29, 0.717) is 33.8 Å². The second-order valence-electron chi connectivity index (χ2n) is 10.0. The Kier molecular flexibility index (Phi) is 6.79. The van der Waals surface area contributed by atoms with Gasteiger partial charge in [-0.15, -0.1) is 0 Å². The average Bonchev–Trinajstić information content (AvgIpc) is 3.33. The molecule has 0 atom stereocenters. The van der Waals surface area contributed by atoms with Crippen molar-refractivity contribution >= 4 is 29.0 Å². The molecule has 1 aromatic heterocycles. The third kappa shape index (κ3) is 5.06. The molecular weight excluding hydrogens is 565 g/mol. The van der Waals surface area contributed by atoms with Gasteiger partial charge in [-0.1, -0.05) is 18.2 Å². The average molecular weight is 588 g/mol. The summed E-state index contributed by atoms with van der Waals surface area (Å²) in [6.07, 6.45) is -5.05. The minimum Gasteiger partial charge on any atom is -0.493 e. The lowest BCUT2D eigenvalue weighted by molar-refractivity contribution is -0.140. The van der Waals surface area contributed by atoms with Crippen molar-refractivity contribution in [2.45, 2.75) is 32.1 Å². The molecule has 0 unspecified atom stereocenters. The minimum absolute atomic E-state index is 0.172. The molecule has 4 aromatic rings. The van der Waals surface area contributed by atoms with Gasteiger partial charge in [-0.3, -0.25) is 9.78 Å². The molecule has 0 saturated carbocycles. The van der Waals surface area contributed by atoms with Crippen molar-refractivity contribution in [2.24, 2.45) is 0 Å². The van der Waals surface area contributed by atoms with Crippen molar-refractivity contribution < 1.29 is 36.6 Å². The number of imidazole rings is 1. The number of H-pyrrole nitrogens is 2. The number of urea groups is 1. The predicted molar refractivity (Wildman–Crippen MR) is 142 cm³/mol. The van der Waals surface area contributed by atoms with Crippen LogP contribution in [-0.2, 0) is 17.5 Å². The first-order valence-electron chi connectivity index (χ1n) is 12.4. The van der Waals surface area contributed by atoms with Crippen molar-refractivity contribution in [3.05, 3.63) is 93.9 Å². The van der Waals surface area contributed by atoms with Crippen LogP contribution in [-0.4, -0.2) is 37.5 Å². The number of aromatic hydroxyl groups is 1. The monoisotopic (exact) mass is 587 g/mol. The molecule has 3 aromatic carbocycles. The lowest BCUT2D eigenvalue weighted by atomic mass is 10.0. The van der Waals surface area contributed by atoms with Crippen LogP contribution >= 0.6 is 0 Å². The number of aromatic amines is 2. The zero-order valence-electron chi connectivity index (χ0n) is 21.9. The topological polar surface area (TPSA) is 122 Å². The third-order valence-corrected chi connectivity index (χ3v) is 6.90. The Morgan fingerprint density at radius 1 is 0.929 bits per heavy atom. The third-order valence-electron chi connectivity index (χ3n) is 6.90. The molecule has 9 nitrogen and oxygen atoms in total. The quantitative estimate of drug-likeness (QED) is 0.166. The first kappa shape index (κ1) is 28.4. The van der Waals surface area contributed by atoms with Crippen LogP contribution in [0, 0.1) is 11.6 Å². The molecule has 14 heteroatoms. The van der Waals surface area contributed by atoms with Gasteiger partial charge in [-0.05, 0) is 61.9 Å². The normalized spacial score (nSPS) is 15.0. The molecule has 42 heavy (non-hydrogen) atoms. The number of hydrogen-bond donors (Lipinski definition) is 4. The fourth-order valence-corrected chi connectivity index (χ4v) is 4.63. The Labute approximate surface area is 234 Å². The van der Waals surface area contributed by atoms with Gasteiger partial charge < -0.3 is 20.3 Å². The maximum Gasteiger partial charge on any atom is 0.419 e. The van der Waals surface area contributed by atoms with Crippen LogP contribution in [0.4, 0.5) is 43.8 Å². The lowest BCUT2D eigenvalue weighted by Crippen LogP contribution is -2.43. The van der Waals surface area contributed by atoms with Gasteiger partial charge >= 0.3 is 17.9 Å². The summed E-state index contributed by atoms with van der Waals surface area (Å²) in [6, 6.07) is 11.0. The number of rotatable bonds is 6. The molecule has 0 radical (unpaired) electrons. The Hall–Kier alpha value is -5.14. The number of nitrogens with one attached hydrogen (secondary N) is 3. The molecule has 1 aliphatic heterocycles. The zero-order valence-corrected chi connectivity index (χ0v) is 21.9. The van der Waals surface area contributed by atoms with Crippen LogP contribution in [0.2, 0.25) is 0 Å². The summed E-state index contributed by atoms with van der Waals surface area (Å²) in [6.45, 7) is 2.59. The van der Waals surface area contributed by atoms with Crippen molar-refractivity contribution in [3.8, 4) is 17.1 Å². The van der Waals surface area contributed by atoms with Gasteiger partial charge in [-0.2, -0.15) is 13.2 Å². The van der Waals surface area contributed by atoms with E-state index in [-0.39, 0.29) is 23.8 Å². The van der Waals surface area contributed by atoms with Crippen LogP contribution in [0.25, 0.3) is 11.3 Å². The highest BCUT2D eigenvalue weighted by atomic mass is 19.4. The van der Waals surface area contributed by atoms with E-state index in [1.54, 1.807) is 24.3 Å². The molecule has 4 N–H and O–H groups in total. The summed E-state index contributed by atoms with van der Waals surface area (Å²) in [4.78, 5) is 44.5. The SMILES string of the molecule is CC1(C)C(=O)N(c2ccc(F)c(C(F)(F)F)c2)C(=O)N1Cc1ccc(F)cc1Nc1ccc(-c2[nH]c(=O)[nH]c2O)cc1. The molecule has 0 aliphatic carbocycles. The maximum absolute atomic E-state index is 14.3. The summed E-state index contributed by atoms with van der Waals surface area (Å²) in [5, 5.41) is 12.9. The standard InChI is InChI=1S/C28H22F5N5O4/c1-27(2)24(40)38(18-9-10-20(30)19(12-18)28(31,32)33)26(42)37(27)13-15-3-6-16(29)11-21(15)34-17-7-4-14(5-8-17)22-23(39)36-25(41)35-22/h3-12,34,39H,13H2,1-2H3,(H2,35,36,41). The first-order chi connectivity index (χ1) is 19.7. The first-order valence-corrected chi connectivity index (χ1v) is 12.4. The number of halogens is 5. The Balaban J connectivity index is 1.43. The highest BCUT2D eigenvalue weighted by molar-refractivity contribution is 6.23. The maximum atomic E-state index is 14.3. The van der Waals surface area contributed by atoms with Gasteiger partial charge in [0.05, 0.1) is 17.8 Å². The van der Waals surface area contributed by atoms with Gasteiger partial charge in [-0.25, -0.2) is 23.3 Å². The predicted octanol–water partition coefficient (Wildman–Crippen LogP) is 5.86. The molecule has 2 heterocycles. The van der Waals surface area contributed by atoms with E-state index in [2.05, 4.69) is 15.3 Å². The Morgan fingerprint density at radius 2 is 1.62 bits per heavy atom. The number of nitrogens with zero attached hydrogens (tertiary/aromatic N) is 2. The molecule has 0 spiro atoms. The van der Waals surface area contributed by atoms with Crippen LogP contribution in [0.15, 0.2) is 65.5 Å². The van der Waals surface area contributed by atoms with Crippen molar-refractivity contribution in [1.29, 1.82) is 0 Å². The highest BCUT2D eigenvalue weighted by Gasteiger charge is 2.52. The lowest BCUT2D eigenvalue weighted by Gasteiger charge is -2.28. The van der Waals surface area contributed by atoms with Crippen LogP contribution in [0.1, 0.15) is 25.0 Å². The van der Waals surface area contributed by atoms with Crippen LogP contribution < -0.4 is 15.9 Å². The number of carbonyl (C=O) groups is 2. The van der Waals surface area contributed by atoms with Gasteiger partial charge in [0.1, 0.15) is 22.9 Å². The molecule has 5 rings (SSSR count). The van der Waals surface area contributed by atoms with Gasteiger partial charge in [0.2, 0.25) is 5.88 Å². The summed E-state index contributed by atoms with van der Waals surface area (Å²) < 4.78 is 68.0. The van der Waals surface area contributed by atoms with Gasteiger partial charge in [0, 0.05) is 16.9 Å². The van der Waals surface area contributed by atoms with E-state index in [4.69, 9.17) is 0 Å². The molecule has 1 saturated heterocycles. The molecule has 1 aliphatic rings. The van der Waals surface area contributed by atoms with E-state index in [9.17, 15) is 41.4 Å². The number of aromatic nitrogens is 2. The van der Waals surface area contributed by atoms with Crippen LogP contribution in [0.3, 0.4) is 0 Å². The minimum atomic E-state index is -5.05. The highest BCUT2D eigenvalue weighted by Crippen LogP contribution is 2.38. The van der Waals surface area contributed by atoms with E-state index in [1.807, 2.05) is 0 Å². The smallest absolute Gasteiger partial charge is 0.419 e. The fraction of sp³-hybridized carbons (Fsp3) is 0.179. The number of carbonyl (C=O) groups excluding carboxylic acids is 2. The van der Waals surface area contributed by atoms with E-state index < -0.39 is 52.2 Å². The summed E-state index contributed by atoms with van der Waals surface area (Å²) in [5.74, 6) is -3.33. The number of alkyl halides is 3. The number of amides is 3. The van der Waals surface area contributed by atoms with Crippen molar-refractivity contribution in [1.82, 2.24) is 14.9 Å². The van der Waals surface area contributed by atoms with Crippen molar-refractivity contribution in [3.63, 3.8) is 0 Å². The number of hydrogen-bond acceptors (Lipinski definition) is 5. The second-order valence-corrected chi connectivity index (χ2v) is 10.0. The number of benzene rings is 3. The number of imide groups is 1. The number of anilines is 3. The van der Waals surface area contributed by atoms with Crippen molar-refractivity contribution in [2.75, 3.05) is 10.2 Å². The second kappa shape index (κ2) is 10.0. The van der Waals surface area contributed by atoms with E-state index >= 15 is 0 Å². The Bertz CT molecular complexity index is 1760. The van der Waals surface area contributed by atoms with Gasteiger partial charge in [0.25, 0.3) is 5.91 Å². The molecule has 0 bridgehead atoms. The fourth-order valence-electron chi connectivity index (χ4n) is 4.63. The Morgan fingerprint density at radius 3 is 2.24 bits per heavy atom. The summed E-state index contributed by atoms with van der Waals surface area (Å²) in [7, 11) is 0. The molecule has 3 amide bonds. The van der Waals surface area contributed by atoms with E-state index in [0.717, 1.165) is 17.0 Å². The largest absolute Gasteiger partial charge is 0.493 e. The summed E-state index contributed by atoms with van der Waals surface area (Å²) >= 11 is 0. The molecule has 1 fully saturated rings. The van der Waals surface area contributed by atoms with Crippen LogP contribution in [0.5, 0.6) is 5.88 Å². The van der Waals surface area contributed by atoms with E-state index in [1.165, 1.54) is 26.0 Å². The van der Waals surface area contributed by atoms with Gasteiger partial charge in [0.15, 0.2) is 0 Å².